The third-order valence-corrected chi connectivity index (χ3v) is 5.14. The Kier molecular flexibility index (Phi) is 6.27. The molecule has 3 rings (SSSR count). The molecule has 1 N–H and O–H groups in total. The van der Waals surface area contributed by atoms with E-state index in [0.29, 0.717) is 18.5 Å². The van der Waals surface area contributed by atoms with Crippen LogP contribution in [0.3, 0.4) is 0 Å². The fourth-order valence-corrected chi connectivity index (χ4v) is 3.59. The number of hydrogen-bond acceptors (Lipinski definition) is 4. The number of carbonyl (C=O) groups is 2. The molecule has 26 heavy (non-hydrogen) atoms. The number of carbonyl (C=O) groups excluding carboxylic acids is 2. The molecule has 0 aliphatic carbocycles. The van der Waals surface area contributed by atoms with E-state index in [1.807, 2.05) is 24.3 Å². The number of hydrogen-bond donors (Lipinski definition) is 1. The highest BCUT2D eigenvalue weighted by Gasteiger charge is 2.31. The molecule has 1 aromatic rings. The molecule has 0 unspecified atom stereocenters. The van der Waals surface area contributed by atoms with E-state index in [1.54, 1.807) is 19.0 Å². The maximum absolute atomic E-state index is 12.3. The molecule has 6 heteroatoms. The number of nitrogens with one attached hydrogen (secondary N) is 1. The molecule has 0 radical (unpaired) electrons. The van der Waals surface area contributed by atoms with Crippen molar-refractivity contribution in [3.05, 3.63) is 35.4 Å². The van der Waals surface area contributed by atoms with E-state index in [1.165, 1.54) is 31.5 Å². The minimum atomic E-state index is -0.378. The van der Waals surface area contributed by atoms with Crippen LogP contribution in [0.2, 0.25) is 0 Å². The second-order valence-corrected chi connectivity index (χ2v) is 7.45. The van der Waals surface area contributed by atoms with Gasteiger partial charge in [0.15, 0.2) is 0 Å². The summed E-state index contributed by atoms with van der Waals surface area (Å²) in [5, 5.41) is 2.92. The van der Waals surface area contributed by atoms with Gasteiger partial charge in [0.25, 0.3) is 11.8 Å². The van der Waals surface area contributed by atoms with Crippen molar-refractivity contribution in [1.29, 1.82) is 0 Å². The lowest BCUT2D eigenvalue weighted by atomic mass is 10.1. The molecule has 6 nitrogen and oxygen atoms in total. The summed E-state index contributed by atoms with van der Waals surface area (Å²) in [6.45, 7) is 3.73. The first kappa shape index (κ1) is 18.9. The monoisotopic (exact) mass is 359 g/mol. The van der Waals surface area contributed by atoms with Crippen LogP contribution >= 0.6 is 0 Å². The van der Waals surface area contributed by atoms with E-state index in [-0.39, 0.29) is 24.0 Å². The van der Waals surface area contributed by atoms with Gasteiger partial charge in [0.1, 0.15) is 6.10 Å². The van der Waals surface area contributed by atoms with Crippen LogP contribution < -0.4 is 5.32 Å². The lowest BCUT2D eigenvalue weighted by Gasteiger charge is -2.17. The Hall–Kier alpha value is -1.92. The van der Waals surface area contributed by atoms with Gasteiger partial charge >= 0.3 is 0 Å². The van der Waals surface area contributed by atoms with Crippen LogP contribution in [0.4, 0.5) is 0 Å². The number of nitrogens with zero attached hydrogens (tertiary/aromatic N) is 2. The normalized spacial score (nSPS) is 23.2. The Labute approximate surface area is 155 Å². The van der Waals surface area contributed by atoms with Gasteiger partial charge in [-0.1, -0.05) is 12.1 Å². The van der Waals surface area contributed by atoms with Crippen molar-refractivity contribution in [2.24, 2.45) is 0 Å². The van der Waals surface area contributed by atoms with E-state index >= 15 is 0 Å². The van der Waals surface area contributed by atoms with Crippen molar-refractivity contribution in [1.82, 2.24) is 15.1 Å². The Morgan fingerprint density at radius 3 is 2.50 bits per heavy atom. The molecule has 142 valence electrons. The summed E-state index contributed by atoms with van der Waals surface area (Å²) < 4.78 is 5.75. The van der Waals surface area contributed by atoms with E-state index < -0.39 is 0 Å². The summed E-state index contributed by atoms with van der Waals surface area (Å²) in [6.07, 6.45) is 3.59. The quantitative estimate of drug-likeness (QED) is 0.839. The molecule has 0 bridgehead atoms. The fraction of sp³-hybridized carbons (Fsp3) is 0.600. The van der Waals surface area contributed by atoms with Crippen LogP contribution in [-0.2, 0) is 16.1 Å². The first-order chi connectivity index (χ1) is 12.5. The highest BCUT2D eigenvalue weighted by Crippen LogP contribution is 2.20. The average Bonchev–Trinajstić information content (AvgIpc) is 3.31. The summed E-state index contributed by atoms with van der Waals surface area (Å²) in [7, 11) is 3.46. The molecule has 2 saturated heterocycles. The van der Waals surface area contributed by atoms with Gasteiger partial charge in [0, 0.05) is 32.7 Å². The van der Waals surface area contributed by atoms with Crippen molar-refractivity contribution in [2.75, 3.05) is 33.7 Å². The van der Waals surface area contributed by atoms with Gasteiger partial charge < -0.3 is 15.0 Å². The van der Waals surface area contributed by atoms with Crippen LogP contribution in [-0.4, -0.2) is 67.6 Å². The second-order valence-electron chi connectivity index (χ2n) is 7.45. The van der Waals surface area contributed by atoms with Crippen LogP contribution in [0.25, 0.3) is 0 Å². The summed E-state index contributed by atoms with van der Waals surface area (Å²) >= 11 is 0. The van der Waals surface area contributed by atoms with Gasteiger partial charge in [-0.25, -0.2) is 0 Å². The topological polar surface area (TPSA) is 61.9 Å². The van der Waals surface area contributed by atoms with Gasteiger partial charge in [-0.05, 0) is 56.5 Å². The molecule has 2 fully saturated rings. The molecular weight excluding hydrogens is 330 g/mol. The van der Waals surface area contributed by atoms with E-state index in [0.717, 1.165) is 13.0 Å². The molecule has 2 aliphatic rings. The van der Waals surface area contributed by atoms with Crippen molar-refractivity contribution in [3.63, 3.8) is 0 Å². The van der Waals surface area contributed by atoms with Gasteiger partial charge in [-0.2, -0.15) is 0 Å². The van der Waals surface area contributed by atoms with Gasteiger partial charge in [-0.3, -0.25) is 14.5 Å². The molecular formula is C20H29N3O3. The number of likely N-dealkylation sites (tertiary alicyclic amines) is 1. The Morgan fingerprint density at radius 1 is 1.15 bits per heavy atom. The molecule has 2 atom stereocenters. The number of benzene rings is 1. The fourth-order valence-electron chi connectivity index (χ4n) is 3.59. The average molecular weight is 359 g/mol. The highest BCUT2D eigenvalue weighted by molar-refractivity contribution is 5.94. The van der Waals surface area contributed by atoms with Crippen molar-refractivity contribution in [2.45, 2.75) is 44.4 Å². The van der Waals surface area contributed by atoms with Crippen molar-refractivity contribution >= 4 is 11.8 Å². The predicted octanol–water partition coefficient (Wildman–Crippen LogP) is 1.65. The van der Waals surface area contributed by atoms with E-state index in [4.69, 9.17) is 4.74 Å². The molecule has 0 spiro atoms. The number of likely N-dealkylation sites (N-methyl/N-ethyl adjacent to an activating group) is 1. The molecule has 2 amide bonds. The van der Waals surface area contributed by atoms with Gasteiger partial charge in [-0.15, -0.1) is 0 Å². The molecule has 2 aliphatic heterocycles. The number of ether oxygens (including phenoxy) is 1. The lowest BCUT2D eigenvalue weighted by molar-refractivity contribution is -0.140. The molecule has 0 saturated carbocycles. The highest BCUT2D eigenvalue weighted by atomic mass is 16.5. The van der Waals surface area contributed by atoms with Gasteiger partial charge in [0.2, 0.25) is 0 Å². The van der Waals surface area contributed by atoms with Crippen LogP contribution in [0.15, 0.2) is 24.3 Å². The Bertz CT molecular complexity index is 624. The second kappa shape index (κ2) is 8.64. The summed E-state index contributed by atoms with van der Waals surface area (Å²) in [4.78, 5) is 28.2. The standard InChI is InChI=1S/C20H29N3O3/c1-22(2)20(25)18-10-9-17(26-18)13-21-19(24)16-7-5-15(6-8-16)14-23-11-3-4-12-23/h5-8,17-18H,3-4,9-14H2,1-2H3,(H,21,24)/t17-,18-/m1/s1. The zero-order chi connectivity index (χ0) is 18.5. The maximum Gasteiger partial charge on any atom is 0.251 e. The molecule has 1 aromatic carbocycles. The lowest BCUT2D eigenvalue weighted by Crippen LogP contribution is -2.36. The predicted molar refractivity (Wildman–Crippen MR) is 99.9 cm³/mol. The van der Waals surface area contributed by atoms with Gasteiger partial charge in [0.05, 0.1) is 6.10 Å². The number of amides is 2. The zero-order valence-electron chi connectivity index (χ0n) is 15.7. The van der Waals surface area contributed by atoms with Crippen LogP contribution in [0.1, 0.15) is 41.6 Å². The van der Waals surface area contributed by atoms with Crippen LogP contribution in [0, 0.1) is 0 Å². The zero-order valence-corrected chi connectivity index (χ0v) is 15.7. The Morgan fingerprint density at radius 2 is 1.85 bits per heavy atom. The van der Waals surface area contributed by atoms with E-state index in [9.17, 15) is 9.59 Å². The first-order valence-electron chi connectivity index (χ1n) is 9.49. The van der Waals surface area contributed by atoms with Crippen molar-refractivity contribution in [3.8, 4) is 0 Å². The third-order valence-electron chi connectivity index (χ3n) is 5.14. The largest absolute Gasteiger partial charge is 0.363 e. The summed E-state index contributed by atoms with van der Waals surface area (Å²) in [6, 6.07) is 7.83. The SMILES string of the molecule is CN(C)C(=O)[C@H]1CC[C@H](CNC(=O)c2ccc(CN3CCCC3)cc2)O1. The van der Waals surface area contributed by atoms with E-state index in [2.05, 4.69) is 10.2 Å². The van der Waals surface area contributed by atoms with Crippen molar-refractivity contribution < 1.29 is 14.3 Å². The maximum atomic E-state index is 12.3. The first-order valence-corrected chi connectivity index (χ1v) is 9.49. The van der Waals surface area contributed by atoms with Crippen LogP contribution in [0.5, 0.6) is 0 Å². The minimum Gasteiger partial charge on any atom is -0.363 e. The summed E-state index contributed by atoms with van der Waals surface area (Å²) in [5.74, 6) is -0.101. The Balaban J connectivity index is 1.44. The molecule has 0 aromatic heterocycles. The summed E-state index contributed by atoms with van der Waals surface area (Å²) in [5.41, 5.74) is 1.90. The minimum absolute atomic E-state index is 0.00702. The number of rotatable bonds is 6. The smallest absolute Gasteiger partial charge is 0.251 e. The third kappa shape index (κ3) is 4.83. The molecule has 2 heterocycles.